The van der Waals surface area contributed by atoms with Crippen molar-refractivity contribution in [1.82, 2.24) is 14.8 Å². The molecule has 0 radical (unpaired) electrons. The summed E-state index contributed by atoms with van der Waals surface area (Å²) in [7, 11) is 0. The Balaban J connectivity index is 1.80. The molecule has 1 saturated heterocycles. The van der Waals surface area contributed by atoms with E-state index in [0.717, 1.165) is 42.9 Å². The molecular weight excluding hydrogens is 388 g/mol. The van der Waals surface area contributed by atoms with E-state index in [-0.39, 0.29) is 17.4 Å². The van der Waals surface area contributed by atoms with E-state index < -0.39 is 11.9 Å². The van der Waals surface area contributed by atoms with E-state index >= 15 is 0 Å². The van der Waals surface area contributed by atoms with Gasteiger partial charge in [-0.3, -0.25) is 9.59 Å². The molecule has 1 aromatic heterocycles. The summed E-state index contributed by atoms with van der Waals surface area (Å²) < 4.78 is 2.37. The van der Waals surface area contributed by atoms with Crippen molar-refractivity contribution in [3.05, 3.63) is 28.6 Å². The molecule has 0 unspecified atom stereocenters. The van der Waals surface area contributed by atoms with Gasteiger partial charge in [0.2, 0.25) is 5.91 Å². The molecule has 0 bridgehead atoms. The first-order valence-corrected chi connectivity index (χ1v) is 11.7. The first kappa shape index (κ1) is 23.1. The maximum Gasteiger partial charge on any atom is 0.262 e. The molecule has 2 aliphatic rings. The number of carbonyl (C=O) groups is 2. The number of aromatic nitrogens is 1. The first-order chi connectivity index (χ1) is 14.8. The number of rotatable bonds is 6. The third-order valence-electron chi connectivity index (χ3n) is 6.77. The lowest BCUT2D eigenvalue weighted by molar-refractivity contribution is -0.136. The zero-order valence-corrected chi connectivity index (χ0v) is 19.4. The number of nitriles is 1. The third-order valence-corrected chi connectivity index (χ3v) is 6.77. The highest BCUT2D eigenvalue weighted by molar-refractivity contribution is 6.03. The van der Waals surface area contributed by atoms with Crippen molar-refractivity contribution in [2.24, 2.45) is 5.92 Å². The molecule has 2 heterocycles. The highest BCUT2D eigenvalue weighted by Gasteiger charge is 2.31. The maximum atomic E-state index is 12.9. The number of nitrogens with zero attached hydrogens (tertiary/aromatic N) is 3. The van der Waals surface area contributed by atoms with Crippen LogP contribution in [-0.4, -0.2) is 40.4 Å². The fourth-order valence-electron chi connectivity index (χ4n) is 5.02. The number of aryl methyl sites for hydroxylation is 1. The lowest BCUT2D eigenvalue weighted by Gasteiger charge is -2.26. The summed E-state index contributed by atoms with van der Waals surface area (Å²) in [5, 5.41) is 12.5. The molecule has 6 heteroatoms. The van der Waals surface area contributed by atoms with Gasteiger partial charge in [0.1, 0.15) is 17.7 Å². The van der Waals surface area contributed by atoms with E-state index in [1.165, 1.54) is 32.1 Å². The largest absolute Gasteiger partial charge is 0.346 e. The molecule has 2 fully saturated rings. The summed E-state index contributed by atoms with van der Waals surface area (Å²) in [6, 6.07) is 4.00. The van der Waals surface area contributed by atoms with Gasteiger partial charge in [-0.1, -0.05) is 33.1 Å². The molecule has 1 aromatic rings. The Hall–Kier alpha value is -2.55. The van der Waals surface area contributed by atoms with Crippen molar-refractivity contribution in [2.75, 3.05) is 13.1 Å². The molecule has 1 aliphatic carbocycles. The van der Waals surface area contributed by atoms with Crippen molar-refractivity contribution in [1.29, 1.82) is 5.26 Å². The van der Waals surface area contributed by atoms with Gasteiger partial charge in [-0.05, 0) is 63.2 Å². The summed E-state index contributed by atoms with van der Waals surface area (Å²) in [5.41, 5.74) is 3.21. The molecule has 168 valence electrons. The second kappa shape index (κ2) is 10.2. The average molecular weight is 425 g/mol. The smallest absolute Gasteiger partial charge is 0.262 e. The van der Waals surface area contributed by atoms with Gasteiger partial charge in [0.15, 0.2) is 0 Å². The van der Waals surface area contributed by atoms with Gasteiger partial charge in [-0.2, -0.15) is 5.26 Å². The topological polar surface area (TPSA) is 78.1 Å². The SMILES string of the molecule is Cc1cc(/C=C(\C#N)C(=O)N[C@H](C(=O)N2CCCC2)C(C)C)c(C)n1C1CCCCC1. The highest BCUT2D eigenvalue weighted by atomic mass is 16.2. The minimum atomic E-state index is -0.614. The van der Waals surface area contributed by atoms with Gasteiger partial charge in [0, 0.05) is 30.5 Å². The minimum absolute atomic E-state index is 0.0452. The predicted molar refractivity (Wildman–Crippen MR) is 122 cm³/mol. The van der Waals surface area contributed by atoms with Crippen molar-refractivity contribution >= 4 is 17.9 Å². The molecule has 31 heavy (non-hydrogen) atoms. The Bertz CT molecular complexity index is 878. The van der Waals surface area contributed by atoms with Crippen LogP contribution in [0.3, 0.4) is 0 Å². The first-order valence-electron chi connectivity index (χ1n) is 11.7. The number of carbonyl (C=O) groups excluding carboxylic acids is 2. The van der Waals surface area contributed by atoms with Gasteiger partial charge in [0.05, 0.1) is 0 Å². The van der Waals surface area contributed by atoms with E-state index in [1.807, 2.05) is 18.7 Å². The third kappa shape index (κ3) is 5.20. The standard InChI is InChI=1S/C25H36N4O2/c1-17(2)23(25(31)28-12-8-9-13-28)27-24(30)21(16-26)15-20-14-18(3)29(19(20)4)22-10-6-5-7-11-22/h14-15,17,22-23H,5-13H2,1-4H3,(H,27,30)/b21-15+/t23-/m0/s1. The van der Waals surface area contributed by atoms with E-state index in [0.29, 0.717) is 6.04 Å². The number of hydrogen-bond donors (Lipinski definition) is 1. The molecule has 3 rings (SSSR count). The van der Waals surface area contributed by atoms with E-state index in [4.69, 9.17) is 0 Å². The summed E-state index contributed by atoms with van der Waals surface area (Å²) in [6.45, 7) is 9.49. The predicted octanol–water partition coefficient (Wildman–Crippen LogP) is 4.28. The number of amides is 2. The van der Waals surface area contributed by atoms with Crippen molar-refractivity contribution in [3.8, 4) is 6.07 Å². The molecule has 1 aliphatic heterocycles. The molecule has 0 spiro atoms. The van der Waals surface area contributed by atoms with E-state index in [2.05, 4.69) is 35.9 Å². The Morgan fingerprint density at radius 2 is 1.77 bits per heavy atom. The summed E-state index contributed by atoms with van der Waals surface area (Å²) >= 11 is 0. The number of likely N-dealkylation sites (tertiary alicyclic amines) is 1. The summed E-state index contributed by atoms with van der Waals surface area (Å²) in [6.07, 6.45) is 9.85. The van der Waals surface area contributed by atoms with Crippen LogP contribution >= 0.6 is 0 Å². The summed E-state index contributed by atoms with van der Waals surface area (Å²) in [5.74, 6) is -0.571. The molecule has 0 aromatic carbocycles. The van der Waals surface area contributed by atoms with Gasteiger partial charge in [0.25, 0.3) is 5.91 Å². The monoisotopic (exact) mass is 424 g/mol. The molecule has 1 saturated carbocycles. The van der Waals surface area contributed by atoms with Crippen LogP contribution < -0.4 is 5.32 Å². The fraction of sp³-hybridized carbons (Fsp3) is 0.640. The second-order valence-electron chi connectivity index (χ2n) is 9.39. The zero-order chi connectivity index (χ0) is 22.5. The van der Waals surface area contributed by atoms with Crippen LogP contribution in [-0.2, 0) is 9.59 Å². The zero-order valence-electron chi connectivity index (χ0n) is 19.4. The van der Waals surface area contributed by atoms with Crippen LogP contribution in [0.1, 0.15) is 81.8 Å². The van der Waals surface area contributed by atoms with Crippen molar-refractivity contribution in [2.45, 2.75) is 84.7 Å². The van der Waals surface area contributed by atoms with Crippen LogP contribution in [0.25, 0.3) is 6.08 Å². The molecular formula is C25H36N4O2. The van der Waals surface area contributed by atoms with Crippen LogP contribution in [0.4, 0.5) is 0 Å². The van der Waals surface area contributed by atoms with Crippen molar-refractivity contribution < 1.29 is 9.59 Å². The average Bonchev–Trinajstić information content (AvgIpc) is 3.38. The minimum Gasteiger partial charge on any atom is -0.346 e. The van der Waals surface area contributed by atoms with Gasteiger partial charge >= 0.3 is 0 Å². The fourth-order valence-corrected chi connectivity index (χ4v) is 5.02. The maximum absolute atomic E-state index is 12.9. The normalized spacial score (nSPS) is 18.8. The summed E-state index contributed by atoms with van der Waals surface area (Å²) in [4.78, 5) is 27.6. The van der Waals surface area contributed by atoms with E-state index in [9.17, 15) is 14.9 Å². The van der Waals surface area contributed by atoms with Gasteiger partial charge < -0.3 is 14.8 Å². The Labute approximate surface area is 186 Å². The van der Waals surface area contributed by atoms with Gasteiger partial charge in [-0.15, -0.1) is 0 Å². The molecule has 2 amide bonds. The Morgan fingerprint density at radius 3 is 2.35 bits per heavy atom. The lowest BCUT2D eigenvalue weighted by atomic mass is 9.95. The van der Waals surface area contributed by atoms with Crippen LogP contribution in [0, 0.1) is 31.1 Å². The van der Waals surface area contributed by atoms with Crippen LogP contribution in [0.15, 0.2) is 11.6 Å². The molecule has 1 atom stereocenters. The van der Waals surface area contributed by atoms with Crippen LogP contribution in [0.2, 0.25) is 0 Å². The Kier molecular flexibility index (Phi) is 7.59. The van der Waals surface area contributed by atoms with Crippen molar-refractivity contribution in [3.63, 3.8) is 0 Å². The van der Waals surface area contributed by atoms with Gasteiger partial charge in [-0.25, -0.2) is 0 Å². The number of hydrogen-bond acceptors (Lipinski definition) is 3. The molecule has 1 N–H and O–H groups in total. The quantitative estimate of drug-likeness (QED) is 0.547. The van der Waals surface area contributed by atoms with Crippen LogP contribution in [0.5, 0.6) is 0 Å². The number of nitrogens with one attached hydrogen (secondary N) is 1. The lowest BCUT2D eigenvalue weighted by Crippen LogP contribution is -2.50. The highest BCUT2D eigenvalue weighted by Crippen LogP contribution is 2.32. The molecule has 6 nitrogen and oxygen atoms in total. The Morgan fingerprint density at radius 1 is 1.13 bits per heavy atom. The second-order valence-corrected chi connectivity index (χ2v) is 9.39. The van der Waals surface area contributed by atoms with E-state index in [1.54, 1.807) is 6.08 Å².